The smallest absolute Gasteiger partial charge is 0.270 e. The summed E-state index contributed by atoms with van der Waals surface area (Å²) in [7, 11) is 0. The molecule has 0 radical (unpaired) electrons. The minimum atomic E-state index is -3.01. The number of halogens is 2. The summed E-state index contributed by atoms with van der Waals surface area (Å²) in [4.78, 5) is 59.2. The van der Waals surface area contributed by atoms with Crippen LogP contribution in [0.15, 0.2) is 24.3 Å². The Kier molecular flexibility index (Phi) is 8.10. The van der Waals surface area contributed by atoms with E-state index in [9.17, 15) is 28.0 Å². The van der Waals surface area contributed by atoms with Gasteiger partial charge in [0.15, 0.2) is 0 Å². The highest BCUT2D eigenvalue weighted by Crippen LogP contribution is 2.39. The lowest BCUT2D eigenvalue weighted by Gasteiger charge is -2.39. The second-order valence-electron chi connectivity index (χ2n) is 12.8. The summed E-state index contributed by atoms with van der Waals surface area (Å²) in [6.45, 7) is 10.5. The maximum atomic E-state index is 14.1. The van der Waals surface area contributed by atoms with Crippen molar-refractivity contribution in [1.82, 2.24) is 20.0 Å². The van der Waals surface area contributed by atoms with Gasteiger partial charge in [0, 0.05) is 56.3 Å². The Balaban J connectivity index is 1.39. The van der Waals surface area contributed by atoms with Crippen LogP contribution in [0, 0.1) is 11.3 Å². The third kappa shape index (κ3) is 5.76. The van der Waals surface area contributed by atoms with E-state index in [0.717, 1.165) is 24.7 Å². The first-order valence-electron chi connectivity index (χ1n) is 14.8. The molecule has 4 amide bonds. The largest absolute Gasteiger partial charge is 0.340 e. The molecule has 1 aromatic carbocycles. The number of fused-ring (bicyclic) bond motifs is 2. The first kappa shape index (κ1) is 30.4. The van der Waals surface area contributed by atoms with Crippen LogP contribution in [0.2, 0.25) is 0 Å². The molecule has 3 saturated heterocycles. The molecular formula is C31H40F2N4O4S. The average molecular weight is 603 g/mol. The monoisotopic (exact) mass is 602 g/mol. The lowest BCUT2D eigenvalue weighted by atomic mass is 9.78. The normalized spacial score (nSPS) is 26.9. The van der Waals surface area contributed by atoms with Crippen molar-refractivity contribution in [1.29, 1.82) is 0 Å². The number of carbonyl (C=O) groups excluding carboxylic acids is 4. The van der Waals surface area contributed by atoms with Gasteiger partial charge < -0.3 is 20.0 Å². The molecule has 1 N–H and O–H groups in total. The Morgan fingerprint density at radius 2 is 1.83 bits per heavy atom. The van der Waals surface area contributed by atoms with Gasteiger partial charge in [-0.3, -0.25) is 19.2 Å². The third-order valence-electron chi connectivity index (χ3n) is 9.68. The number of rotatable bonds is 5. The molecular weight excluding hydrogens is 562 g/mol. The van der Waals surface area contributed by atoms with Crippen molar-refractivity contribution < 1.29 is 28.0 Å². The molecule has 3 aliphatic rings. The fraction of sp³-hybridized carbons (Fsp3) is 0.613. The van der Waals surface area contributed by atoms with E-state index in [1.54, 1.807) is 21.9 Å². The van der Waals surface area contributed by atoms with Crippen molar-refractivity contribution in [3.63, 3.8) is 0 Å². The number of benzene rings is 1. The van der Waals surface area contributed by atoms with Crippen molar-refractivity contribution in [3.8, 4) is 0 Å². The summed E-state index contributed by atoms with van der Waals surface area (Å²) in [5, 5.41) is 3.34. The maximum Gasteiger partial charge on any atom is 0.270 e. The van der Waals surface area contributed by atoms with Crippen molar-refractivity contribution in [3.05, 3.63) is 34.7 Å². The van der Waals surface area contributed by atoms with Gasteiger partial charge in [-0.05, 0) is 60.6 Å². The van der Waals surface area contributed by atoms with Gasteiger partial charge in [0.05, 0.1) is 4.88 Å². The van der Waals surface area contributed by atoms with Crippen LogP contribution in [-0.2, 0) is 20.3 Å². The Morgan fingerprint density at radius 1 is 1.10 bits per heavy atom. The van der Waals surface area contributed by atoms with Gasteiger partial charge in [0.25, 0.3) is 11.8 Å². The van der Waals surface area contributed by atoms with E-state index in [2.05, 4.69) is 26.1 Å². The molecule has 5 rings (SSSR count). The van der Waals surface area contributed by atoms with Gasteiger partial charge in [-0.1, -0.05) is 26.8 Å². The van der Waals surface area contributed by atoms with E-state index in [1.807, 2.05) is 4.90 Å². The lowest BCUT2D eigenvalue weighted by Crippen LogP contribution is -2.61. The zero-order chi connectivity index (χ0) is 30.6. The lowest BCUT2D eigenvalue weighted by molar-refractivity contribution is -0.148. The first-order valence-corrected chi connectivity index (χ1v) is 15.6. The van der Waals surface area contributed by atoms with Crippen LogP contribution in [0.3, 0.4) is 0 Å². The Bertz CT molecular complexity index is 1400. The number of likely N-dealkylation sites (tertiary alicyclic amines) is 1. The summed E-state index contributed by atoms with van der Waals surface area (Å²) in [6.07, 6.45) is 2.69. The van der Waals surface area contributed by atoms with Crippen LogP contribution in [0.4, 0.5) is 8.78 Å². The van der Waals surface area contributed by atoms with Gasteiger partial charge >= 0.3 is 0 Å². The fourth-order valence-electron chi connectivity index (χ4n) is 6.52. The number of hydrogen-bond donors (Lipinski definition) is 1. The highest BCUT2D eigenvalue weighted by molar-refractivity contribution is 7.20. The van der Waals surface area contributed by atoms with E-state index in [1.165, 1.54) is 19.1 Å². The quantitative estimate of drug-likeness (QED) is 0.541. The summed E-state index contributed by atoms with van der Waals surface area (Å²) < 4.78 is 28.4. The molecule has 3 fully saturated rings. The van der Waals surface area contributed by atoms with Crippen LogP contribution in [-0.4, -0.2) is 82.6 Å². The Labute approximate surface area is 249 Å². The summed E-state index contributed by atoms with van der Waals surface area (Å²) in [5.41, 5.74) is -0.112. The van der Waals surface area contributed by atoms with E-state index >= 15 is 0 Å². The SMILES string of the molecule is CC(=O)N1CC[C@H]2CC[C@@H](C(=O)N3CCC(C)(C(C)C)C3)N2C(=O)[C@@H](NC(=O)c2cc3cc(C(C)(F)F)ccc3s2)C1. The fourth-order valence-corrected chi connectivity index (χ4v) is 7.47. The third-order valence-corrected chi connectivity index (χ3v) is 10.8. The molecule has 2 aromatic rings. The topological polar surface area (TPSA) is 90.0 Å². The second kappa shape index (κ2) is 11.2. The van der Waals surface area contributed by atoms with Gasteiger partial charge in [0.2, 0.25) is 17.7 Å². The number of amides is 4. The molecule has 0 saturated carbocycles. The second-order valence-corrected chi connectivity index (χ2v) is 13.9. The highest BCUT2D eigenvalue weighted by atomic mass is 32.1. The standard InChI is InChI=1S/C31H40F2N4O4S/c1-18(2)30(4)11-13-36(17-30)29(41)24-8-7-22-10-12-35(19(3)38)16-23(28(40)37(22)24)34-27(39)26-15-20-14-21(31(5,32)33)6-9-25(20)42-26/h6,9,14-15,18,22-24H,7-8,10-13,16-17H2,1-5H3,(H,34,39)/t22-,23+,24+,30?/m1/s1. The van der Waals surface area contributed by atoms with E-state index in [-0.39, 0.29) is 46.2 Å². The van der Waals surface area contributed by atoms with Crippen molar-refractivity contribution in [2.75, 3.05) is 26.2 Å². The van der Waals surface area contributed by atoms with Crippen molar-refractivity contribution >= 4 is 45.1 Å². The van der Waals surface area contributed by atoms with Crippen LogP contribution in [0.5, 0.6) is 0 Å². The predicted octanol–water partition coefficient (Wildman–Crippen LogP) is 4.62. The molecule has 8 nitrogen and oxygen atoms in total. The maximum absolute atomic E-state index is 14.1. The van der Waals surface area contributed by atoms with Crippen LogP contribution in [0.25, 0.3) is 10.1 Å². The molecule has 42 heavy (non-hydrogen) atoms. The number of alkyl halides is 2. The zero-order valence-corrected chi connectivity index (χ0v) is 25.7. The molecule has 3 aliphatic heterocycles. The molecule has 228 valence electrons. The Hall–Kier alpha value is -3.08. The molecule has 0 bridgehead atoms. The minimum absolute atomic E-state index is 0.00370. The van der Waals surface area contributed by atoms with Gasteiger partial charge in [-0.2, -0.15) is 0 Å². The molecule has 4 heterocycles. The predicted molar refractivity (Wildman–Crippen MR) is 157 cm³/mol. The van der Waals surface area contributed by atoms with Crippen LogP contribution >= 0.6 is 11.3 Å². The van der Waals surface area contributed by atoms with E-state index < -0.39 is 23.9 Å². The summed E-state index contributed by atoms with van der Waals surface area (Å²) in [5.74, 6) is -3.71. The van der Waals surface area contributed by atoms with Crippen molar-refractivity contribution in [2.45, 2.75) is 84.4 Å². The number of hydrogen-bond acceptors (Lipinski definition) is 5. The van der Waals surface area contributed by atoms with Gasteiger partial charge in [-0.25, -0.2) is 8.78 Å². The molecule has 0 spiro atoms. The average Bonchev–Trinajstić information content (AvgIpc) is 3.64. The number of thiophene rings is 1. The summed E-state index contributed by atoms with van der Waals surface area (Å²) >= 11 is 1.15. The zero-order valence-electron chi connectivity index (χ0n) is 24.9. The van der Waals surface area contributed by atoms with E-state index in [0.29, 0.717) is 54.9 Å². The van der Waals surface area contributed by atoms with Gasteiger partial charge in [0.1, 0.15) is 12.1 Å². The van der Waals surface area contributed by atoms with Crippen LogP contribution < -0.4 is 5.32 Å². The molecule has 11 heteroatoms. The molecule has 1 unspecified atom stereocenters. The van der Waals surface area contributed by atoms with E-state index in [4.69, 9.17) is 0 Å². The van der Waals surface area contributed by atoms with Gasteiger partial charge in [-0.15, -0.1) is 11.3 Å². The number of carbonyl (C=O) groups is 4. The minimum Gasteiger partial charge on any atom is -0.340 e. The number of nitrogens with zero attached hydrogens (tertiary/aromatic N) is 3. The first-order chi connectivity index (χ1) is 19.7. The molecule has 0 aliphatic carbocycles. The number of nitrogens with one attached hydrogen (secondary N) is 1. The van der Waals surface area contributed by atoms with Crippen molar-refractivity contribution in [2.24, 2.45) is 11.3 Å². The highest BCUT2D eigenvalue weighted by Gasteiger charge is 2.48. The molecule has 1 aromatic heterocycles. The Morgan fingerprint density at radius 3 is 2.48 bits per heavy atom. The summed E-state index contributed by atoms with van der Waals surface area (Å²) in [6, 6.07) is 3.98. The van der Waals surface area contributed by atoms with Crippen LogP contribution in [0.1, 0.15) is 75.5 Å². The molecule has 4 atom stereocenters.